The summed E-state index contributed by atoms with van der Waals surface area (Å²) in [5.41, 5.74) is 7.31. The third kappa shape index (κ3) is 6.58. The summed E-state index contributed by atoms with van der Waals surface area (Å²) in [6.07, 6.45) is 0.371. The lowest BCUT2D eigenvalue weighted by atomic mass is 10.1. The Labute approximate surface area is 131 Å². The van der Waals surface area contributed by atoms with Crippen molar-refractivity contribution >= 4 is 0 Å². The van der Waals surface area contributed by atoms with E-state index in [0.29, 0.717) is 18.8 Å². The minimum atomic E-state index is -0.504. The number of likely N-dealkylation sites (N-methyl/N-ethyl adjacent to an activating group) is 1. The molecule has 0 saturated carbocycles. The van der Waals surface area contributed by atoms with Gasteiger partial charge in [0.2, 0.25) is 0 Å². The molecule has 0 spiro atoms. The summed E-state index contributed by atoms with van der Waals surface area (Å²) < 4.78 is 0. The van der Waals surface area contributed by atoms with Crippen LogP contribution in [-0.2, 0) is 6.42 Å². The number of aliphatic hydroxyl groups excluding tert-OH is 1. The molecule has 6 N–H and O–H groups in total. The molecule has 0 aromatic heterocycles. The van der Waals surface area contributed by atoms with Gasteiger partial charge in [0.05, 0.1) is 6.10 Å². The Bertz CT molecular complexity index is 527. The lowest BCUT2D eigenvalue weighted by Gasteiger charge is -2.09. The summed E-state index contributed by atoms with van der Waals surface area (Å²) in [5.74, 6) is 0.524. The fourth-order valence-corrected chi connectivity index (χ4v) is 1.84. The van der Waals surface area contributed by atoms with E-state index >= 15 is 0 Å². The van der Waals surface area contributed by atoms with E-state index in [1.807, 2.05) is 12.1 Å². The van der Waals surface area contributed by atoms with E-state index in [2.05, 4.69) is 5.32 Å². The van der Waals surface area contributed by atoms with Crippen LogP contribution in [0.3, 0.4) is 0 Å². The van der Waals surface area contributed by atoms with Crippen molar-refractivity contribution in [1.82, 2.24) is 5.32 Å². The standard InChI is InChI=1S/C9H13NO2.C8H11NO/c1-10-6-9(12)7-2-4-8(11)5-3-7;9-6-5-7-1-3-8(10)4-2-7/h2-5,9-12H,6H2,1H3;1-4,10H,5-6,9H2. The zero-order valence-corrected chi connectivity index (χ0v) is 12.7. The largest absolute Gasteiger partial charge is 0.508 e. The van der Waals surface area contributed by atoms with Crippen molar-refractivity contribution in [1.29, 1.82) is 0 Å². The second-order valence-electron chi connectivity index (χ2n) is 4.87. The maximum absolute atomic E-state index is 9.47. The number of phenolic OH excluding ortho intramolecular Hbond substituents is 2. The predicted molar refractivity (Wildman–Crippen MR) is 87.9 cm³/mol. The van der Waals surface area contributed by atoms with Crippen LogP contribution in [-0.4, -0.2) is 35.5 Å². The highest BCUT2D eigenvalue weighted by atomic mass is 16.3. The SMILES string of the molecule is CNCC(O)c1ccc(O)cc1.NCCc1ccc(O)cc1. The van der Waals surface area contributed by atoms with E-state index in [9.17, 15) is 5.11 Å². The third-order valence-corrected chi connectivity index (χ3v) is 3.04. The summed E-state index contributed by atoms with van der Waals surface area (Å²) in [7, 11) is 1.78. The molecule has 0 saturated heterocycles. The van der Waals surface area contributed by atoms with Gasteiger partial charge in [-0.25, -0.2) is 0 Å². The Morgan fingerprint density at radius 2 is 1.45 bits per heavy atom. The van der Waals surface area contributed by atoms with E-state index in [0.717, 1.165) is 12.0 Å². The number of phenols is 2. The topological polar surface area (TPSA) is 98.7 Å². The van der Waals surface area contributed by atoms with Gasteiger partial charge in [0.1, 0.15) is 11.5 Å². The molecule has 120 valence electrons. The number of nitrogens with one attached hydrogen (secondary N) is 1. The van der Waals surface area contributed by atoms with Crippen LogP contribution in [0.25, 0.3) is 0 Å². The molecule has 1 atom stereocenters. The van der Waals surface area contributed by atoms with Gasteiger partial charge >= 0.3 is 0 Å². The van der Waals surface area contributed by atoms with Crippen molar-refractivity contribution in [3.63, 3.8) is 0 Å². The van der Waals surface area contributed by atoms with Gasteiger partial charge in [-0.2, -0.15) is 0 Å². The molecule has 0 aliphatic carbocycles. The number of hydrogen-bond donors (Lipinski definition) is 5. The van der Waals surface area contributed by atoms with E-state index in [4.69, 9.17) is 15.9 Å². The van der Waals surface area contributed by atoms with Crippen LogP contribution >= 0.6 is 0 Å². The normalized spacial score (nSPS) is 11.4. The average molecular weight is 304 g/mol. The Balaban J connectivity index is 0.000000224. The number of hydrogen-bond acceptors (Lipinski definition) is 5. The monoisotopic (exact) mass is 304 g/mol. The molecular formula is C17H24N2O3. The summed E-state index contributed by atoms with van der Waals surface area (Å²) in [6.45, 7) is 1.18. The number of benzene rings is 2. The number of aromatic hydroxyl groups is 2. The summed E-state index contributed by atoms with van der Waals surface area (Å²) in [6, 6.07) is 13.6. The van der Waals surface area contributed by atoms with Crippen molar-refractivity contribution in [3.8, 4) is 11.5 Å². The molecule has 0 aliphatic rings. The Hall–Kier alpha value is -2.08. The quantitative estimate of drug-likeness (QED) is 0.577. The first-order chi connectivity index (χ1) is 10.6. The highest BCUT2D eigenvalue weighted by Crippen LogP contribution is 2.15. The minimum Gasteiger partial charge on any atom is -0.508 e. The molecule has 0 heterocycles. The molecule has 0 bridgehead atoms. The first kappa shape index (κ1) is 18.0. The molecule has 1 unspecified atom stereocenters. The molecule has 0 amide bonds. The van der Waals surface area contributed by atoms with Gasteiger partial charge in [0.15, 0.2) is 0 Å². The maximum atomic E-state index is 9.47. The molecular weight excluding hydrogens is 280 g/mol. The third-order valence-electron chi connectivity index (χ3n) is 3.04. The predicted octanol–water partition coefficient (Wildman–Crippen LogP) is 1.54. The molecule has 2 aromatic rings. The van der Waals surface area contributed by atoms with Gasteiger partial charge in [0, 0.05) is 6.54 Å². The fraction of sp³-hybridized carbons (Fsp3) is 0.294. The van der Waals surface area contributed by atoms with Crippen molar-refractivity contribution in [2.45, 2.75) is 12.5 Å². The van der Waals surface area contributed by atoms with Gasteiger partial charge in [-0.3, -0.25) is 0 Å². The van der Waals surface area contributed by atoms with Crippen LogP contribution in [0.15, 0.2) is 48.5 Å². The molecule has 0 radical (unpaired) electrons. The first-order valence-corrected chi connectivity index (χ1v) is 7.16. The van der Waals surface area contributed by atoms with E-state index in [1.165, 1.54) is 5.56 Å². The highest BCUT2D eigenvalue weighted by Gasteiger charge is 2.04. The van der Waals surface area contributed by atoms with E-state index < -0.39 is 6.10 Å². The Morgan fingerprint density at radius 3 is 1.91 bits per heavy atom. The molecule has 2 aromatic carbocycles. The van der Waals surface area contributed by atoms with Crippen LogP contribution in [0.1, 0.15) is 17.2 Å². The fourth-order valence-electron chi connectivity index (χ4n) is 1.84. The average Bonchev–Trinajstić information content (AvgIpc) is 2.51. The van der Waals surface area contributed by atoms with Crippen LogP contribution in [0, 0.1) is 0 Å². The Morgan fingerprint density at radius 1 is 0.955 bits per heavy atom. The van der Waals surface area contributed by atoms with E-state index in [1.54, 1.807) is 43.4 Å². The highest BCUT2D eigenvalue weighted by molar-refractivity contribution is 5.27. The van der Waals surface area contributed by atoms with Gasteiger partial charge in [-0.15, -0.1) is 0 Å². The van der Waals surface area contributed by atoms with Crippen LogP contribution in [0.5, 0.6) is 11.5 Å². The van der Waals surface area contributed by atoms with Crippen molar-refractivity contribution < 1.29 is 15.3 Å². The van der Waals surface area contributed by atoms with Crippen molar-refractivity contribution in [2.75, 3.05) is 20.1 Å². The summed E-state index contributed by atoms with van der Waals surface area (Å²) in [5, 5.41) is 30.2. The molecule has 2 rings (SSSR count). The number of nitrogens with two attached hydrogens (primary N) is 1. The molecule has 5 heteroatoms. The Kier molecular flexibility index (Phi) is 7.99. The lowest BCUT2D eigenvalue weighted by Crippen LogP contribution is -2.16. The van der Waals surface area contributed by atoms with Gasteiger partial charge in [-0.1, -0.05) is 24.3 Å². The van der Waals surface area contributed by atoms with Crippen molar-refractivity contribution in [3.05, 3.63) is 59.7 Å². The van der Waals surface area contributed by atoms with Crippen molar-refractivity contribution in [2.24, 2.45) is 5.73 Å². The number of rotatable bonds is 5. The van der Waals surface area contributed by atoms with Crippen LogP contribution < -0.4 is 11.1 Å². The van der Waals surface area contributed by atoms with E-state index in [-0.39, 0.29) is 5.75 Å². The first-order valence-electron chi connectivity index (χ1n) is 7.16. The smallest absolute Gasteiger partial charge is 0.115 e. The summed E-state index contributed by atoms with van der Waals surface area (Å²) >= 11 is 0. The lowest BCUT2D eigenvalue weighted by molar-refractivity contribution is 0.177. The zero-order valence-electron chi connectivity index (χ0n) is 12.7. The van der Waals surface area contributed by atoms with Gasteiger partial charge in [-0.05, 0) is 55.4 Å². The second-order valence-corrected chi connectivity index (χ2v) is 4.87. The summed E-state index contributed by atoms with van der Waals surface area (Å²) in [4.78, 5) is 0. The zero-order chi connectivity index (χ0) is 16.4. The van der Waals surface area contributed by atoms with Gasteiger partial charge in [0.25, 0.3) is 0 Å². The molecule has 0 aliphatic heterocycles. The minimum absolute atomic E-state index is 0.218. The maximum Gasteiger partial charge on any atom is 0.115 e. The second kappa shape index (κ2) is 9.78. The van der Waals surface area contributed by atoms with Crippen LogP contribution in [0.4, 0.5) is 0 Å². The molecule has 0 fully saturated rings. The molecule has 22 heavy (non-hydrogen) atoms. The number of aliphatic hydroxyl groups is 1. The van der Waals surface area contributed by atoms with Crippen LogP contribution in [0.2, 0.25) is 0 Å². The van der Waals surface area contributed by atoms with Gasteiger partial charge < -0.3 is 26.4 Å². The molecule has 5 nitrogen and oxygen atoms in total.